The van der Waals surface area contributed by atoms with Gasteiger partial charge in [0.15, 0.2) is 11.5 Å². The molecular weight excluding hydrogens is 322 g/mol. The van der Waals surface area contributed by atoms with Gasteiger partial charge in [-0.3, -0.25) is 0 Å². The third-order valence-electron chi connectivity index (χ3n) is 3.41. The van der Waals surface area contributed by atoms with Crippen molar-refractivity contribution in [1.29, 1.82) is 0 Å². The van der Waals surface area contributed by atoms with E-state index in [1.165, 1.54) is 18.4 Å². The molecule has 0 spiro atoms. The summed E-state index contributed by atoms with van der Waals surface area (Å²) in [6.45, 7) is 0.917. The largest absolute Gasteiger partial charge is 0.486 e. The van der Waals surface area contributed by atoms with Crippen LogP contribution in [0.5, 0.6) is 11.5 Å². The number of benzene rings is 1. The Labute approximate surface area is 133 Å². The second-order valence-electron chi connectivity index (χ2n) is 5.02. The fourth-order valence-corrected chi connectivity index (χ4v) is 3.29. The van der Waals surface area contributed by atoms with Gasteiger partial charge in [-0.2, -0.15) is 0 Å². The summed E-state index contributed by atoms with van der Waals surface area (Å²) in [4.78, 5) is 0.0919. The third kappa shape index (κ3) is 3.66. The molecule has 0 unspecified atom stereocenters. The highest BCUT2D eigenvalue weighted by molar-refractivity contribution is 7.89. The van der Waals surface area contributed by atoms with E-state index in [0.717, 1.165) is 0 Å². The predicted octanol–water partition coefficient (Wildman–Crippen LogP) is 1.45. The van der Waals surface area contributed by atoms with Gasteiger partial charge in [0.25, 0.3) is 0 Å². The topological polar surface area (TPSA) is 98.0 Å². The summed E-state index contributed by atoms with van der Waals surface area (Å²) in [6.07, 6.45) is 0.808. The molecule has 7 nitrogen and oxygen atoms in total. The smallest absolute Gasteiger partial charge is 0.240 e. The number of nitrogens with one attached hydrogen (secondary N) is 1. The molecule has 8 heteroatoms. The van der Waals surface area contributed by atoms with Gasteiger partial charge in [0.1, 0.15) is 25.1 Å². The Hall–Kier alpha value is -2.03. The third-order valence-corrected chi connectivity index (χ3v) is 4.86. The number of aliphatic hydroxyl groups is 1. The number of rotatable bonds is 6. The maximum Gasteiger partial charge on any atom is 0.240 e. The minimum atomic E-state index is -3.69. The maximum atomic E-state index is 12.3. The molecule has 1 aromatic heterocycles. The first-order valence-electron chi connectivity index (χ1n) is 7.17. The average Bonchev–Trinajstić information content (AvgIpc) is 3.08. The molecule has 23 heavy (non-hydrogen) atoms. The normalized spacial score (nSPS) is 15.3. The highest BCUT2D eigenvalue weighted by atomic mass is 32.2. The van der Waals surface area contributed by atoms with Crippen molar-refractivity contribution in [3.05, 3.63) is 42.4 Å². The van der Waals surface area contributed by atoms with Crippen LogP contribution in [-0.4, -0.2) is 33.3 Å². The average molecular weight is 339 g/mol. The minimum Gasteiger partial charge on any atom is -0.486 e. The van der Waals surface area contributed by atoms with Crippen molar-refractivity contribution in [2.75, 3.05) is 19.8 Å². The van der Waals surface area contributed by atoms with Gasteiger partial charge in [-0.05, 0) is 30.7 Å². The molecule has 1 aliphatic heterocycles. The van der Waals surface area contributed by atoms with Crippen LogP contribution in [0.15, 0.2) is 45.9 Å². The van der Waals surface area contributed by atoms with Gasteiger partial charge in [0, 0.05) is 12.6 Å². The Morgan fingerprint density at radius 3 is 2.70 bits per heavy atom. The second-order valence-corrected chi connectivity index (χ2v) is 6.79. The Bertz CT molecular complexity index is 756. The number of hydrogen-bond acceptors (Lipinski definition) is 6. The molecule has 1 aliphatic rings. The lowest BCUT2D eigenvalue weighted by molar-refractivity contribution is 0.141. The zero-order valence-corrected chi connectivity index (χ0v) is 13.1. The van der Waals surface area contributed by atoms with Crippen LogP contribution in [-0.2, 0) is 10.0 Å². The molecule has 3 rings (SSSR count). The van der Waals surface area contributed by atoms with Crippen LogP contribution >= 0.6 is 0 Å². The van der Waals surface area contributed by atoms with Crippen LogP contribution < -0.4 is 14.2 Å². The second kappa shape index (κ2) is 6.61. The molecule has 0 aliphatic carbocycles. The van der Waals surface area contributed by atoms with Gasteiger partial charge in [0.05, 0.1) is 11.2 Å². The first kappa shape index (κ1) is 15.9. The van der Waals surface area contributed by atoms with Crippen molar-refractivity contribution < 1.29 is 27.4 Å². The van der Waals surface area contributed by atoms with Crippen molar-refractivity contribution in [3.8, 4) is 11.5 Å². The summed E-state index contributed by atoms with van der Waals surface area (Å²) in [5.74, 6) is 1.35. The van der Waals surface area contributed by atoms with Gasteiger partial charge >= 0.3 is 0 Å². The molecule has 2 heterocycles. The lowest BCUT2D eigenvalue weighted by Crippen LogP contribution is -2.26. The molecule has 1 atom stereocenters. The molecule has 0 radical (unpaired) electrons. The maximum absolute atomic E-state index is 12.3. The molecule has 0 bridgehead atoms. The SMILES string of the molecule is O=S(=O)(NCC[C@@H](O)c1ccco1)c1ccc2c(c1)OCCO2. The standard InChI is InChI=1S/C15H17NO6S/c17-12(13-2-1-7-20-13)5-6-16-23(18,19)11-3-4-14-15(10-11)22-9-8-21-14/h1-4,7,10,12,16-17H,5-6,8-9H2/t12-/m1/s1. The lowest BCUT2D eigenvalue weighted by atomic mass is 10.2. The highest BCUT2D eigenvalue weighted by Gasteiger charge is 2.20. The number of hydrogen-bond donors (Lipinski definition) is 2. The zero-order chi connectivity index (χ0) is 16.3. The Morgan fingerprint density at radius 2 is 1.96 bits per heavy atom. The number of ether oxygens (including phenoxy) is 2. The number of furan rings is 1. The van der Waals surface area contributed by atoms with E-state index in [2.05, 4.69) is 4.72 Å². The summed E-state index contributed by atoms with van der Waals surface area (Å²) in [7, 11) is -3.69. The first-order chi connectivity index (χ1) is 11.1. The molecule has 2 N–H and O–H groups in total. The fraction of sp³-hybridized carbons (Fsp3) is 0.333. The van der Waals surface area contributed by atoms with Gasteiger partial charge in [-0.1, -0.05) is 0 Å². The number of fused-ring (bicyclic) bond motifs is 1. The van der Waals surface area contributed by atoms with Gasteiger partial charge in [-0.15, -0.1) is 0 Å². The van der Waals surface area contributed by atoms with Crippen molar-refractivity contribution in [2.24, 2.45) is 0 Å². The van der Waals surface area contributed by atoms with E-state index in [-0.39, 0.29) is 17.9 Å². The van der Waals surface area contributed by atoms with E-state index in [4.69, 9.17) is 13.9 Å². The fourth-order valence-electron chi connectivity index (χ4n) is 2.23. The van der Waals surface area contributed by atoms with E-state index in [1.54, 1.807) is 18.2 Å². The molecule has 1 aromatic carbocycles. The van der Waals surface area contributed by atoms with E-state index >= 15 is 0 Å². The minimum absolute atomic E-state index is 0.0820. The molecular formula is C15H17NO6S. The van der Waals surface area contributed by atoms with Gasteiger partial charge in [-0.25, -0.2) is 13.1 Å². The number of aliphatic hydroxyl groups excluding tert-OH is 1. The Morgan fingerprint density at radius 1 is 1.17 bits per heavy atom. The summed E-state index contributed by atoms with van der Waals surface area (Å²) < 4.78 is 42.8. The first-order valence-corrected chi connectivity index (χ1v) is 8.65. The summed E-state index contributed by atoms with van der Waals surface area (Å²) in [5.41, 5.74) is 0. The van der Waals surface area contributed by atoms with Crippen LogP contribution in [0.25, 0.3) is 0 Å². The Balaban J connectivity index is 1.63. The van der Waals surface area contributed by atoms with Crippen LogP contribution in [0.1, 0.15) is 18.3 Å². The summed E-state index contributed by atoms with van der Waals surface area (Å²) in [5, 5.41) is 9.87. The molecule has 2 aromatic rings. The highest BCUT2D eigenvalue weighted by Crippen LogP contribution is 2.32. The molecule has 0 fully saturated rings. The van der Waals surface area contributed by atoms with Crippen molar-refractivity contribution >= 4 is 10.0 Å². The van der Waals surface area contributed by atoms with Gasteiger partial charge < -0.3 is 19.0 Å². The van der Waals surface area contributed by atoms with E-state index in [9.17, 15) is 13.5 Å². The van der Waals surface area contributed by atoms with Crippen LogP contribution in [0, 0.1) is 0 Å². The number of sulfonamides is 1. The van der Waals surface area contributed by atoms with E-state index < -0.39 is 16.1 Å². The van der Waals surface area contributed by atoms with Gasteiger partial charge in [0.2, 0.25) is 10.0 Å². The van der Waals surface area contributed by atoms with Crippen molar-refractivity contribution in [2.45, 2.75) is 17.4 Å². The van der Waals surface area contributed by atoms with Crippen LogP contribution in [0.3, 0.4) is 0 Å². The predicted molar refractivity (Wildman–Crippen MR) is 80.9 cm³/mol. The van der Waals surface area contributed by atoms with Crippen LogP contribution in [0.2, 0.25) is 0 Å². The molecule has 0 saturated carbocycles. The summed E-state index contributed by atoms with van der Waals surface area (Å²) >= 11 is 0. The quantitative estimate of drug-likeness (QED) is 0.827. The van der Waals surface area contributed by atoms with Crippen molar-refractivity contribution in [1.82, 2.24) is 4.72 Å². The van der Waals surface area contributed by atoms with Crippen LogP contribution in [0.4, 0.5) is 0 Å². The summed E-state index contributed by atoms with van der Waals surface area (Å²) in [6, 6.07) is 7.76. The Kier molecular flexibility index (Phi) is 4.56. The monoisotopic (exact) mass is 339 g/mol. The molecule has 124 valence electrons. The van der Waals surface area contributed by atoms with Crippen molar-refractivity contribution in [3.63, 3.8) is 0 Å². The van der Waals surface area contributed by atoms with E-state index in [0.29, 0.717) is 30.5 Å². The van der Waals surface area contributed by atoms with E-state index in [1.807, 2.05) is 0 Å². The molecule has 0 saturated heterocycles. The zero-order valence-electron chi connectivity index (χ0n) is 12.3. The molecule has 0 amide bonds. The lowest BCUT2D eigenvalue weighted by Gasteiger charge is -2.19.